The van der Waals surface area contributed by atoms with E-state index >= 15 is 0 Å². The van der Waals surface area contributed by atoms with Crippen molar-refractivity contribution in [3.05, 3.63) is 29.8 Å². The number of benzene rings is 1. The predicted octanol–water partition coefficient (Wildman–Crippen LogP) is 0.184. The molecule has 2 rings (SSSR count). The van der Waals surface area contributed by atoms with Gasteiger partial charge < -0.3 is 19.7 Å². The highest BCUT2D eigenvalue weighted by molar-refractivity contribution is 5.80. The van der Waals surface area contributed by atoms with Crippen molar-refractivity contribution in [2.45, 2.75) is 26.4 Å². The molecule has 1 atom stereocenters. The van der Waals surface area contributed by atoms with Crippen molar-refractivity contribution >= 4 is 5.91 Å². The van der Waals surface area contributed by atoms with Crippen molar-refractivity contribution in [3.63, 3.8) is 0 Å². The van der Waals surface area contributed by atoms with Crippen molar-refractivity contribution in [1.82, 2.24) is 5.32 Å². The molecule has 0 bridgehead atoms. The Hall–Kier alpha value is -1.59. The van der Waals surface area contributed by atoms with Crippen molar-refractivity contribution in [3.8, 4) is 5.75 Å². The third-order valence-corrected chi connectivity index (χ3v) is 3.97. The zero-order valence-corrected chi connectivity index (χ0v) is 13.6. The van der Waals surface area contributed by atoms with E-state index in [2.05, 4.69) is 5.32 Å². The van der Waals surface area contributed by atoms with Gasteiger partial charge >= 0.3 is 0 Å². The normalized spacial score (nSPS) is 17.0. The predicted molar refractivity (Wildman–Crippen MR) is 85.3 cm³/mol. The molecule has 0 spiro atoms. The second kappa shape index (κ2) is 8.76. The van der Waals surface area contributed by atoms with Crippen LogP contribution in [0.15, 0.2) is 24.3 Å². The van der Waals surface area contributed by atoms with Crippen LogP contribution in [-0.2, 0) is 9.53 Å². The van der Waals surface area contributed by atoms with Gasteiger partial charge in [-0.05, 0) is 25.5 Å². The van der Waals surface area contributed by atoms with E-state index in [1.165, 1.54) is 0 Å². The largest absolute Gasteiger partial charge is 0.481 e. The average Bonchev–Trinajstić information content (AvgIpc) is 2.54. The highest BCUT2D eigenvalue weighted by Crippen LogP contribution is 2.17. The summed E-state index contributed by atoms with van der Waals surface area (Å²) in [4.78, 5) is 13.6. The number of para-hydroxylation sites is 1. The first kappa shape index (κ1) is 16.8. The van der Waals surface area contributed by atoms with Crippen molar-refractivity contribution < 1.29 is 19.2 Å². The van der Waals surface area contributed by atoms with Gasteiger partial charge in [0.25, 0.3) is 5.91 Å². The summed E-state index contributed by atoms with van der Waals surface area (Å²) in [5, 5.41) is 2.95. The van der Waals surface area contributed by atoms with E-state index in [4.69, 9.17) is 9.47 Å². The summed E-state index contributed by atoms with van der Waals surface area (Å²) in [7, 11) is 0. The van der Waals surface area contributed by atoms with Crippen LogP contribution in [0.5, 0.6) is 5.75 Å². The summed E-state index contributed by atoms with van der Waals surface area (Å²) < 4.78 is 11.1. The highest BCUT2D eigenvalue weighted by atomic mass is 16.5. The molecule has 22 heavy (non-hydrogen) atoms. The molecule has 1 aromatic carbocycles. The molecule has 1 fully saturated rings. The van der Waals surface area contributed by atoms with Gasteiger partial charge in [0, 0.05) is 13.0 Å². The van der Waals surface area contributed by atoms with Crippen LogP contribution >= 0.6 is 0 Å². The van der Waals surface area contributed by atoms with Crippen LogP contribution in [0.4, 0.5) is 0 Å². The van der Waals surface area contributed by atoms with Gasteiger partial charge in [-0.3, -0.25) is 4.79 Å². The van der Waals surface area contributed by atoms with Crippen LogP contribution in [-0.4, -0.2) is 51.4 Å². The van der Waals surface area contributed by atoms with E-state index in [1.807, 2.05) is 31.2 Å². The van der Waals surface area contributed by atoms with Crippen molar-refractivity contribution in [2.75, 3.05) is 39.4 Å². The van der Waals surface area contributed by atoms with Crippen LogP contribution in [0.1, 0.15) is 18.9 Å². The van der Waals surface area contributed by atoms with Gasteiger partial charge in [-0.15, -0.1) is 0 Å². The Morgan fingerprint density at radius 2 is 2.09 bits per heavy atom. The molecule has 5 heteroatoms. The molecule has 1 aliphatic rings. The zero-order chi connectivity index (χ0) is 15.8. The molecule has 1 saturated heterocycles. The minimum absolute atomic E-state index is 0.0553. The topological polar surface area (TPSA) is 52.0 Å². The molecule has 0 aliphatic carbocycles. The number of rotatable bonds is 7. The molecule has 0 aromatic heterocycles. The van der Waals surface area contributed by atoms with Gasteiger partial charge in [0.1, 0.15) is 18.8 Å². The smallest absolute Gasteiger partial charge is 0.260 e. The van der Waals surface area contributed by atoms with Gasteiger partial charge in [-0.2, -0.15) is 0 Å². The second-order valence-electron chi connectivity index (χ2n) is 5.78. The first-order valence-electron chi connectivity index (χ1n) is 8.08. The van der Waals surface area contributed by atoms with E-state index in [0.29, 0.717) is 6.54 Å². The second-order valence-corrected chi connectivity index (χ2v) is 5.78. The lowest BCUT2D eigenvalue weighted by molar-refractivity contribution is -0.908. The number of hydrogen-bond acceptors (Lipinski definition) is 3. The Bertz CT molecular complexity index is 473. The van der Waals surface area contributed by atoms with E-state index in [0.717, 1.165) is 50.6 Å². The fraction of sp³-hybridized carbons (Fsp3) is 0.588. The number of amides is 1. The summed E-state index contributed by atoms with van der Waals surface area (Å²) in [5.41, 5.74) is 1.04. The Kier molecular flexibility index (Phi) is 6.68. The van der Waals surface area contributed by atoms with Gasteiger partial charge in [0.2, 0.25) is 0 Å². The number of quaternary nitrogens is 1. The summed E-state index contributed by atoms with van der Waals surface area (Å²) in [6.45, 7) is 9.38. The minimum atomic E-state index is -0.475. The maximum atomic E-state index is 12.0. The molecule has 2 N–H and O–H groups in total. The zero-order valence-electron chi connectivity index (χ0n) is 13.6. The van der Waals surface area contributed by atoms with E-state index in [1.54, 1.807) is 11.8 Å². The molecule has 0 unspecified atom stereocenters. The van der Waals surface area contributed by atoms with Gasteiger partial charge in [0.05, 0.1) is 19.8 Å². The van der Waals surface area contributed by atoms with Gasteiger partial charge in [-0.25, -0.2) is 0 Å². The van der Waals surface area contributed by atoms with Crippen LogP contribution < -0.4 is 15.0 Å². The molecule has 1 amide bonds. The number of hydrogen-bond donors (Lipinski definition) is 2. The molecule has 122 valence electrons. The molecule has 0 radical (unpaired) electrons. The number of carbonyl (C=O) groups excluding carboxylic acids is 1. The first-order valence-corrected chi connectivity index (χ1v) is 8.08. The molecule has 1 heterocycles. The molecule has 1 aliphatic heterocycles. The van der Waals surface area contributed by atoms with Gasteiger partial charge in [-0.1, -0.05) is 18.2 Å². The fourth-order valence-corrected chi connectivity index (χ4v) is 2.54. The number of carbonyl (C=O) groups is 1. The molecule has 0 saturated carbocycles. The van der Waals surface area contributed by atoms with Crippen LogP contribution in [0, 0.1) is 6.92 Å². The van der Waals surface area contributed by atoms with Crippen LogP contribution in [0.2, 0.25) is 0 Å². The lowest BCUT2D eigenvalue weighted by Gasteiger charge is -2.23. The number of ether oxygens (including phenoxy) is 2. The number of aryl methyl sites for hydroxylation is 1. The Morgan fingerprint density at radius 3 is 2.82 bits per heavy atom. The lowest BCUT2D eigenvalue weighted by Crippen LogP contribution is -3.14. The standard InChI is InChI=1S/C17H26N2O3/c1-14-6-3-4-7-16(14)22-15(2)17(20)18-8-5-9-19-10-12-21-13-11-19/h3-4,6-7,15H,5,8-13H2,1-2H3,(H,18,20)/p+1/t15-/m1/s1. The van der Waals surface area contributed by atoms with E-state index in [9.17, 15) is 4.79 Å². The molecular formula is C17H27N2O3+. The van der Waals surface area contributed by atoms with Crippen LogP contribution in [0.3, 0.4) is 0 Å². The lowest BCUT2D eigenvalue weighted by atomic mass is 10.2. The summed E-state index contributed by atoms with van der Waals surface area (Å²) in [6.07, 6.45) is 0.509. The first-order chi connectivity index (χ1) is 10.7. The Labute approximate surface area is 132 Å². The monoisotopic (exact) mass is 307 g/mol. The fourth-order valence-electron chi connectivity index (χ4n) is 2.54. The van der Waals surface area contributed by atoms with Crippen molar-refractivity contribution in [2.24, 2.45) is 0 Å². The Balaban J connectivity index is 1.65. The molecular weight excluding hydrogens is 280 g/mol. The van der Waals surface area contributed by atoms with Gasteiger partial charge in [0.15, 0.2) is 6.10 Å². The quantitative estimate of drug-likeness (QED) is 0.707. The minimum Gasteiger partial charge on any atom is -0.481 e. The van der Waals surface area contributed by atoms with E-state index in [-0.39, 0.29) is 5.91 Å². The number of morpholine rings is 1. The SMILES string of the molecule is Cc1ccccc1O[C@H](C)C(=O)NCCC[NH+]1CCOCC1. The van der Waals surface area contributed by atoms with Crippen LogP contribution in [0.25, 0.3) is 0 Å². The third kappa shape index (κ3) is 5.31. The maximum absolute atomic E-state index is 12.0. The summed E-state index contributed by atoms with van der Waals surface area (Å²) in [5.74, 6) is 0.711. The number of nitrogens with one attached hydrogen (secondary N) is 2. The maximum Gasteiger partial charge on any atom is 0.260 e. The highest BCUT2D eigenvalue weighted by Gasteiger charge is 2.16. The van der Waals surface area contributed by atoms with E-state index < -0.39 is 6.10 Å². The Morgan fingerprint density at radius 1 is 1.36 bits per heavy atom. The molecule has 1 aromatic rings. The average molecular weight is 307 g/mol. The van der Waals surface area contributed by atoms with Crippen molar-refractivity contribution in [1.29, 1.82) is 0 Å². The molecule has 5 nitrogen and oxygen atoms in total. The summed E-state index contributed by atoms with van der Waals surface area (Å²) >= 11 is 0. The third-order valence-electron chi connectivity index (χ3n) is 3.97. The summed E-state index contributed by atoms with van der Waals surface area (Å²) in [6, 6.07) is 7.74.